The molecule has 0 saturated carbocycles. The van der Waals surface area contributed by atoms with E-state index >= 15 is 0 Å². The number of hydrogen-bond acceptors (Lipinski definition) is 6. The van der Waals surface area contributed by atoms with Gasteiger partial charge < -0.3 is 34.2 Å². The molecule has 2 amide bonds. The van der Waals surface area contributed by atoms with Gasteiger partial charge in [-0.2, -0.15) is 4.31 Å². The van der Waals surface area contributed by atoms with Gasteiger partial charge in [0.15, 0.2) is 17.4 Å². The minimum atomic E-state index is -3.91. The van der Waals surface area contributed by atoms with Gasteiger partial charge in [0.2, 0.25) is 15.9 Å². The molecule has 1 N–H and O–H groups in total. The molecular weight excluding hydrogens is 649 g/mol. The van der Waals surface area contributed by atoms with Crippen molar-refractivity contribution in [3.05, 3.63) is 64.9 Å². The summed E-state index contributed by atoms with van der Waals surface area (Å²) in [5, 5.41) is 4.94. The minimum absolute atomic E-state index is 0. The molecular formula is C24H23ClIN5O4S2. The molecule has 13 heteroatoms. The van der Waals surface area contributed by atoms with Crippen LogP contribution >= 0.6 is 22.9 Å². The number of halogens is 2. The fourth-order valence-electron chi connectivity index (χ4n) is 4.31. The highest BCUT2D eigenvalue weighted by molar-refractivity contribution is 7.89. The highest BCUT2D eigenvalue weighted by Gasteiger charge is 2.40. The number of benzene rings is 2. The average Bonchev–Trinajstić information content (AvgIpc) is 3.30. The lowest BCUT2D eigenvalue weighted by Gasteiger charge is -2.39. The van der Waals surface area contributed by atoms with Crippen LogP contribution in [0, 0.1) is 0 Å². The number of sulfonamides is 1. The van der Waals surface area contributed by atoms with E-state index in [0.717, 1.165) is 15.5 Å². The van der Waals surface area contributed by atoms with Gasteiger partial charge in [-0.3, -0.25) is 9.59 Å². The molecule has 4 aromatic rings. The van der Waals surface area contributed by atoms with Gasteiger partial charge in [0.05, 0.1) is 9.60 Å². The number of nitrogens with zero attached hydrogens (tertiary/aromatic N) is 4. The Labute approximate surface area is 240 Å². The quantitative estimate of drug-likeness (QED) is 0.226. The summed E-state index contributed by atoms with van der Waals surface area (Å²) in [5.41, 5.74) is 0.684. The lowest BCUT2D eigenvalue weighted by molar-refractivity contribution is -0.670. The van der Waals surface area contributed by atoms with Crippen molar-refractivity contribution in [2.45, 2.75) is 10.9 Å². The van der Waals surface area contributed by atoms with Gasteiger partial charge in [-0.25, -0.2) is 18.0 Å². The number of thiazole rings is 1. The number of piperazine rings is 1. The summed E-state index contributed by atoms with van der Waals surface area (Å²) in [5.74, 6) is -0.837. The van der Waals surface area contributed by atoms with E-state index in [1.165, 1.54) is 33.7 Å². The van der Waals surface area contributed by atoms with Crippen LogP contribution in [0.4, 0.5) is 0 Å². The van der Waals surface area contributed by atoms with Crippen molar-refractivity contribution in [2.75, 3.05) is 26.7 Å². The first-order valence-corrected chi connectivity index (χ1v) is 13.8. The van der Waals surface area contributed by atoms with E-state index in [1.54, 1.807) is 30.3 Å². The number of aryl methyl sites for hydroxylation is 1. The number of likely N-dealkylation sites (N-methyl/N-ethyl adjacent to an activating group) is 1. The number of amides is 2. The Bertz CT molecular complexity index is 1630. The van der Waals surface area contributed by atoms with Crippen LogP contribution in [0.3, 0.4) is 0 Å². The van der Waals surface area contributed by atoms with Crippen molar-refractivity contribution in [3.8, 4) is 0 Å². The Morgan fingerprint density at radius 1 is 1.14 bits per heavy atom. The summed E-state index contributed by atoms with van der Waals surface area (Å²) < 4.78 is 31.0. The number of carbonyl (C=O) groups is 2. The average molecular weight is 672 g/mol. The highest BCUT2D eigenvalue weighted by Crippen LogP contribution is 2.28. The number of pyridine rings is 1. The third-order valence-corrected chi connectivity index (χ3v) is 9.34. The number of nitrogens with one attached hydrogen (secondary N) is 1. The Hall–Kier alpha value is -2.39. The fourth-order valence-corrected chi connectivity index (χ4v) is 6.85. The van der Waals surface area contributed by atoms with E-state index in [2.05, 4.69) is 10.3 Å². The first-order valence-electron chi connectivity index (χ1n) is 11.2. The molecule has 2 aromatic carbocycles. The number of rotatable bonds is 4. The number of hydrogen-bond donors (Lipinski definition) is 1. The summed E-state index contributed by atoms with van der Waals surface area (Å²) in [4.78, 5) is 32.2. The van der Waals surface area contributed by atoms with Crippen molar-refractivity contribution < 1.29 is 46.6 Å². The van der Waals surface area contributed by atoms with Crippen LogP contribution in [-0.4, -0.2) is 67.1 Å². The molecule has 0 aliphatic carbocycles. The SMILES string of the molecule is CNC(=O)C1CN(S(=O)(=O)c2ccc3cc(Cl)ccc3c2)CCN1C(=O)c1nc2c[n+](C)ccc2s1.[I-]. The maximum absolute atomic E-state index is 13.5. The van der Waals surface area contributed by atoms with Crippen molar-refractivity contribution in [2.24, 2.45) is 7.05 Å². The summed E-state index contributed by atoms with van der Waals surface area (Å²) in [6, 6.07) is 10.9. The van der Waals surface area contributed by atoms with Crippen LogP contribution in [0.2, 0.25) is 5.02 Å². The van der Waals surface area contributed by atoms with Crippen molar-refractivity contribution >= 4 is 65.8 Å². The molecule has 1 saturated heterocycles. The predicted molar refractivity (Wildman–Crippen MR) is 137 cm³/mol. The van der Waals surface area contributed by atoms with Crippen molar-refractivity contribution in [3.63, 3.8) is 0 Å². The Morgan fingerprint density at radius 2 is 1.86 bits per heavy atom. The van der Waals surface area contributed by atoms with E-state index < -0.39 is 27.9 Å². The van der Waals surface area contributed by atoms with Gasteiger partial charge in [0, 0.05) is 37.8 Å². The van der Waals surface area contributed by atoms with Crippen LogP contribution in [0.15, 0.2) is 59.8 Å². The van der Waals surface area contributed by atoms with Crippen molar-refractivity contribution in [1.29, 1.82) is 0 Å². The van der Waals surface area contributed by atoms with Gasteiger partial charge in [0.1, 0.15) is 18.6 Å². The highest BCUT2D eigenvalue weighted by atomic mass is 127. The van der Waals surface area contributed by atoms with Gasteiger partial charge in [-0.15, -0.1) is 11.3 Å². The maximum atomic E-state index is 13.5. The molecule has 5 rings (SSSR count). The van der Waals surface area contributed by atoms with Crippen LogP contribution in [0.1, 0.15) is 9.80 Å². The van der Waals surface area contributed by atoms with Gasteiger partial charge in [-0.05, 0) is 35.0 Å². The lowest BCUT2D eigenvalue weighted by Crippen LogP contribution is -3.00. The summed E-state index contributed by atoms with van der Waals surface area (Å²) >= 11 is 7.29. The lowest BCUT2D eigenvalue weighted by atomic mass is 10.1. The summed E-state index contributed by atoms with van der Waals surface area (Å²) in [6.07, 6.45) is 3.69. The number of carbonyl (C=O) groups excluding carboxylic acids is 2. The zero-order chi connectivity index (χ0) is 25.6. The van der Waals surface area contributed by atoms with E-state index in [4.69, 9.17) is 11.6 Å². The molecule has 1 atom stereocenters. The molecule has 0 radical (unpaired) electrons. The zero-order valence-corrected chi connectivity index (χ0v) is 24.4. The molecule has 1 unspecified atom stereocenters. The van der Waals surface area contributed by atoms with Crippen LogP contribution < -0.4 is 33.9 Å². The fraction of sp³-hybridized carbons (Fsp3) is 0.250. The molecule has 1 fully saturated rings. The standard InChI is InChI=1S/C24H22ClN5O4S2.HI/c1-26-22(31)20-14-29(36(33,34)18-6-4-15-11-17(25)5-3-16(15)12-18)9-10-30(20)24(32)23-27-19-13-28(2)8-7-21(19)35-23;/h3-8,11-13,20H,9-10,14H2,1-2H3;1H. The van der Waals surface area contributed by atoms with E-state index in [9.17, 15) is 18.0 Å². The monoisotopic (exact) mass is 671 g/mol. The van der Waals surface area contributed by atoms with Gasteiger partial charge in [0.25, 0.3) is 5.91 Å². The molecule has 2 aromatic heterocycles. The molecule has 1 aliphatic heterocycles. The second-order valence-electron chi connectivity index (χ2n) is 8.52. The van der Waals surface area contributed by atoms with Gasteiger partial charge >= 0.3 is 0 Å². The summed E-state index contributed by atoms with van der Waals surface area (Å²) in [7, 11) is -0.581. The van der Waals surface area contributed by atoms with Crippen LogP contribution in [0.5, 0.6) is 0 Å². The van der Waals surface area contributed by atoms with Crippen molar-refractivity contribution in [1.82, 2.24) is 19.5 Å². The Balaban J connectivity index is 0.00000320. The zero-order valence-electron chi connectivity index (χ0n) is 19.9. The normalized spacial score (nSPS) is 16.5. The number of aromatic nitrogens is 2. The summed E-state index contributed by atoms with van der Waals surface area (Å²) in [6.45, 7) is -0.0463. The molecule has 0 bridgehead atoms. The van der Waals surface area contributed by atoms with E-state index in [0.29, 0.717) is 10.5 Å². The molecule has 0 spiro atoms. The first-order chi connectivity index (χ1) is 17.2. The third-order valence-electron chi connectivity index (χ3n) is 6.22. The Morgan fingerprint density at radius 3 is 2.62 bits per heavy atom. The molecule has 37 heavy (non-hydrogen) atoms. The first kappa shape index (κ1) is 27.6. The maximum Gasteiger partial charge on any atom is 0.283 e. The molecule has 1 aliphatic rings. The predicted octanol–water partition coefficient (Wildman–Crippen LogP) is -0.807. The second kappa shape index (κ2) is 10.8. The van der Waals surface area contributed by atoms with E-state index in [1.807, 2.05) is 30.1 Å². The third kappa shape index (κ3) is 5.30. The van der Waals surface area contributed by atoms with Gasteiger partial charge in [-0.1, -0.05) is 23.7 Å². The van der Waals surface area contributed by atoms with Crippen LogP contribution in [0.25, 0.3) is 21.0 Å². The number of fused-ring (bicyclic) bond motifs is 2. The molecule has 194 valence electrons. The topological polar surface area (TPSA) is 104 Å². The largest absolute Gasteiger partial charge is 1.00 e. The molecule has 3 heterocycles. The minimum Gasteiger partial charge on any atom is -1.00 e. The van der Waals surface area contributed by atoms with E-state index in [-0.39, 0.29) is 53.5 Å². The smallest absolute Gasteiger partial charge is 0.283 e. The Kier molecular flexibility index (Phi) is 8.04. The second-order valence-corrected chi connectivity index (χ2v) is 11.9. The van der Waals surface area contributed by atoms with Crippen LogP contribution in [-0.2, 0) is 21.9 Å². The molecule has 9 nitrogen and oxygen atoms in total.